The summed E-state index contributed by atoms with van der Waals surface area (Å²) in [4.78, 5) is 26.6. The molecule has 0 aliphatic heterocycles. The minimum absolute atomic E-state index is 0.138. The van der Waals surface area contributed by atoms with E-state index in [2.05, 4.69) is 0 Å². The van der Waals surface area contributed by atoms with Crippen LogP contribution in [0.2, 0.25) is 0 Å². The molecule has 0 radical (unpaired) electrons. The highest BCUT2D eigenvalue weighted by atomic mass is 16.4. The van der Waals surface area contributed by atoms with E-state index < -0.39 is 11.5 Å². The minimum atomic E-state index is -1.28. The van der Waals surface area contributed by atoms with Gasteiger partial charge in [0.15, 0.2) is 0 Å². The zero-order chi connectivity index (χ0) is 20.6. The Hall–Kier alpha value is -2.82. The van der Waals surface area contributed by atoms with Crippen LogP contribution in [0.25, 0.3) is 0 Å². The second-order valence-corrected chi connectivity index (χ2v) is 7.31. The molecule has 2 rings (SSSR count). The maximum Gasteiger partial charge on any atom is 0.329 e. The first kappa shape index (κ1) is 21.5. The molecule has 0 heterocycles. The van der Waals surface area contributed by atoms with Gasteiger partial charge in [-0.15, -0.1) is 0 Å². The first-order valence-corrected chi connectivity index (χ1v) is 9.72. The first-order valence-electron chi connectivity index (χ1n) is 9.72. The Morgan fingerprint density at radius 2 is 1.64 bits per heavy atom. The maximum absolute atomic E-state index is 12.9. The van der Waals surface area contributed by atoms with Crippen LogP contribution in [0, 0.1) is 0 Å². The van der Waals surface area contributed by atoms with E-state index in [1.807, 2.05) is 49.4 Å². The van der Waals surface area contributed by atoms with E-state index in [-0.39, 0.29) is 18.1 Å². The van der Waals surface area contributed by atoms with Crippen molar-refractivity contribution in [1.82, 2.24) is 4.90 Å². The van der Waals surface area contributed by atoms with E-state index in [1.54, 1.807) is 19.1 Å². The number of carbonyl (C=O) groups excluding carboxylic acids is 1. The third-order valence-electron chi connectivity index (χ3n) is 4.99. The van der Waals surface area contributed by atoms with Gasteiger partial charge in [-0.05, 0) is 49.4 Å². The van der Waals surface area contributed by atoms with Crippen LogP contribution in [0.3, 0.4) is 0 Å². The van der Waals surface area contributed by atoms with E-state index in [9.17, 15) is 19.8 Å². The fourth-order valence-corrected chi connectivity index (χ4v) is 3.39. The Kier molecular flexibility index (Phi) is 7.61. The lowest BCUT2D eigenvalue weighted by Gasteiger charge is -2.38. The predicted molar refractivity (Wildman–Crippen MR) is 109 cm³/mol. The predicted octanol–water partition coefficient (Wildman–Crippen LogP) is 4.04. The molecule has 150 valence electrons. The minimum Gasteiger partial charge on any atom is -0.508 e. The summed E-state index contributed by atoms with van der Waals surface area (Å²) < 4.78 is 0. The SMILES string of the molecule is CCCN(C(=O)CCCc1ccc(O)cc1)[C@@](C)(Cc1ccccc1)C(=O)O. The number of aromatic hydroxyl groups is 1. The second kappa shape index (κ2) is 9.93. The van der Waals surface area contributed by atoms with Crippen molar-refractivity contribution >= 4 is 11.9 Å². The van der Waals surface area contributed by atoms with Crippen molar-refractivity contribution in [2.45, 2.75) is 51.5 Å². The molecule has 2 aromatic carbocycles. The molecule has 28 heavy (non-hydrogen) atoms. The number of benzene rings is 2. The number of aliphatic carboxylic acids is 1. The van der Waals surface area contributed by atoms with Gasteiger partial charge in [-0.3, -0.25) is 4.79 Å². The zero-order valence-corrected chi connectivity index (χ0v) is 16.6. The second-order valence-electron chi connectivity index (χ2n) is 7.31. The van der Waals surface area contributed by atoms with Crippen LogP contribution in [-0.4, -0.2) is 39.1 Å². The number of hydrogen-bond donors (Lipinski definition) is 2. The summed E-state index contributed by atoms with van der Waals surface area (Å²) in [5.74, 6) is -0.912. The van der Waals surface area contributed by atoms with Gasteiger partial charge in [0.2, 0.25) is 5.91 Å². The Morgan fingerprint density at radius 3 is 2.21 bits per heavy atom. The first-order chi connectivity index (χ1) is 13.4. The molecule has 0 bridgehead atoms. The molecule has 0 unspecified atom stereocenters. The standard InChI is InChI=1S/C23H29NO4/c1-3-16-24(21(26)11-7-10-18-12-14-20(25)15-13-18)23(2,22(27)28)17-19-8-5-4-6-9-19/h4-6,8-9,12-15,25H,3,7,10-11,16-17H2,1-2H3,(H,27,28)/t23-/m0/s1. The van der Waals surface area contributed by atoms with Gasteiger partial charge in [-0.25, -0.2) is 4.79 Å². The number of hydrogen-bond acceptors (Lipinski definition) is 3. The molecule has 5 heteroatoms. The molecule has 0 aromatic heterocycles. The van der Waals surface area contributed by atoms with Crippen LogP contribution >= 0.6 is 0 Å². The van der Waals surface area contributed by atoms with Crippen molar-refractivity contribution in [1.29, 1.82) is 0 Å². The molecule has 2 N–H and O–H groups in total. The molecule has 0 saturated carbocycles. The third kappa shape index (κ3) is 5.59. The van der Waals surface area contributed by atoms with Gasteiger partial charge in [0.1, 0.15) is 11.3 Å². The highest BCUT2D eigenvalue weighted by molar-refractivity contribution is 5.87. The van der Waals surface area contributed by atoms with Crippen molar-refractivity contribution < 1.29 is 19.8 Å². The monoisotopic (exact) mass is 383 g/mol. The highest BCUT2D eigenvalue weighted by Crippen LogP contribution is 2.24. The van der Waals surface area contributed by atoms with E-state index >= 15 is 0 Å². The lowest BCUT2D eigenvalue weighted by Crippen LogP contribution is -2.56. The average Bonchev–Trinajstić information content (AvgIpc) is 2.68. The fourth-order valence-electron chi connectivity index (χ4n) is 3.39. The molecule has 1 amide bonds. The van der Waals surface area contributed by atoms with Gasteiger partial charge in [0.25, 0.3) is 0 Å². The molecule has 2 aromatic rings. The summed E-state index contributed by atoms with van der Waals surface area (Å²) in [6.07, 6.45) is 2.59. The number of nitrogens with zero attached hydrogens (tertiary/aromatic N) is 1. The average molecular weight is 383 g/mol. The number of aryl methyl sites for hydroxylation is 1. The molecule has 0 aliphatic carbocycles. The maximum atomic E-state index is 12.9. The van der Waals surface area contributed by atoms with Gasteiger partial charge in [-0.2, -0.15) is 0 Å². The van der Waals surface area contributed by atoms with Crippen LogP contribution in [0.4, 0.5) is 0 Å². The molecular formula is C23H29NO4. The van der Waals surface area contributed by atoms with Crippen LogP contribution in [-0.2, 0) is 22.4 Å². The quantitative estimate of drug-likeness (QED) is 0.649. The summed E-state index contributed by atoms with van der Waals surface area (Å²) in [6.45, 7) is 3.99. The van der Waals surface area contributed by atoms with Crippen LogP contribution in [0.1, 0.15) is 44.2 Å². The molecule has 5 nitrogen and oxygen atoms in total. The summed E-state index contributed by atoms with van der Waals surface area (Å²) in [6, 6.07) is 16.3. The van der Waals surface area contributed by atoms with Crippen LogP contribution in [0.5, 0.6) is 5.75 Å². The van der Waals surface area contributed by atoms with Crippen molar-refractivity contribution in [3.63, 3.8) is 0 Å². The van der Waals surface area contributed by atoms with Crippen LogP contribution in [0.15, 0.2) is 54.6 Å². The Morgan fingerprint density at radius 1 is 1.00 bits per heavy atom. The smallest absolute Gasteiger partial charge is 0.329 e. The molecule has 0 saturated heterocycles. The number of phenols is 1. The summed E-state index contributed by atoms with van der Waals surface area (Å²) in [7, 11) is 0. The topological polar surface area (TPSA) is 77.8 Å². The Balaban J connectivity index is 2.09. The normalized spacial score (nSPS) is 12.9. The highest BCUT2D eigenvalue weighted by Gasteiger charge is 2.41. The number of rotatable bonds is 10. The van der Waals surface area contributed by atoms with Gasteiger partial charge in [0, 0.05) is 19.4 Å². The summed E-state index contributed by atoms with van der Waals surface area (Å²) in [5.41, 5.74) is 0.649. The van der Waals surface area contributed by atoms with Crippen molar-refractivity contribution in [3.8, 4) is 5.75 Å². The van der Waals surface area contributed by atoms with E-state index in [0.29, 0.717) is 32.2 Å². The van der Waals surface area contributed by atoms with E-state index in [0.717, 1.165) is 11.1 Å². The van der Waals surface area contributed by atoms with Crippen LogP contribution < -0.4 is 0 Å². The zero-order valence-electron chi connectivity index (χ0n) is 16.6. The molecule has 0 fully saturated rings. The van der Waals surface area contributed by atoms with Gasteiger partial charge >= 0.3 is 5.97 Å². The number of amides is 1. The number of carboxylic acids is 1. The Labute approximate surface area is 166 Å². The van der Waals surface area contributed by atoms with E-state index in [1.165, 1.54) is 4.90 Å². The number of phenolic OH excluding ortho intramolecular Hbond substituents is 1. The van der Waals surface area contributed by atoms with Crippen molar-refractivity contribution in [2.24, 2.45) is 0 Å². The largest absolute Gasteiger partial charge is 0.508 e. The fraction of sp³-hybridized carbons (Fsp3) is 0.391. The van der Waals surface area contributed by atoms with Gasteiger partial charge in [0.05, 0.1) is 0 Å². The summed E-state index contributed by atoms with van der Waals surface area (Å²) >= 11 is 0. The Bertz CT molecular complexity index is 773. The number of carboxylic acid groups (broad SMARTS) is 1. The lowest BCUT2D eigenvalue weighted by atomic mass is 9.90. The van der Waals surface area contributed by atoms with Crippen molar-refractivity contribution in [2.75, 3.05) is 6.54 Å². The van der Waals surface area contributed by atoms with Gasteiger partial charge in [-0.1, -0.05) is 49.4 Å². The van der Waals surface area contributed by atoms with Gasteiger partial charge < -0.3 is 15.1 Å². The molecule has 0 aliphatic rings. The number of carbonyl (C=O) groups is 2. The third-order valence-corrected chi connectivity index (χ3v) is 4.99. The molecule has 1 atom stereocenters. The van der Waals surface area contributed by atoms with E-state index in [4.69, 9.17) is 0 Å². The molecule has 0 spiro atoms. The van der Waals surface area contributed by atoms with Crippen molar-refractivity contribution in [3.05, 3.63) is 65.7 Å². The summed E-state index contributed by atoms with van der Waals surface area (Å²) in [5, 5.41) is 19.3. The molecular weight excluding hydrogens is 354 g/mol. The lowest BCUT2D eigenvalue weighted by molar-refractivity contribution is -0.158.